The quantitative estimate of drug-likeness (QED) is 0.200. The van der Waals surface area contributed by atoms with E-state index in [-0.39, 0.29) is 11.6 Å². The molecule has 0 spiro atoms. The number of rotatable bonds is 1. The number of hydrogen-bond donors (Lipinski definition) is 1. The van der Waals surface area contributed by atoms with Gasteiger partial charge in [-0.1, -0.05) is 0 Å². The predicted molar refractivity (Wildman–Crippen MR) is 88.8 cm³/mol. The van der Waals surface area contributed by atoms with Crippen molar-refractivity contribution in [2.24, 2.45) is 0 Å². The van der Waals surface area contributed by atoms with Crippen LogP contribution in [0.1, 0.15) is 32.3 Å². The van der Waals surface area contributed by atoms with Gasteiger partial charge in [0.1, 0.15) is 0 Å². The molecule has 0 amide bonds. The Bertz CT molecular complexity index is 927. The number of fused-ring (bicyclic) bond motifs is 5. The molecule has 1 aliphatic rings. The van der Waals surface area contributed by atoms with E-state index in [9.17, 15) is 23.3 Å². The van der Waals surface area contributed by atoms with Crippen molar-refractivity contribution in [1.29, 1.82) is 0 Å². The molecule has 0 saturated carbocycles. The SMILES string of the molecule is CC1(C)CC/C=C/C[I-]c2nnc(o2)-c2nc(c(C(F)(F)F)cc2[N+](=O)[O-])N1. The zero-order valence-corrected chi connectivity index (χ0v) is 17.0. The third-order valence-electron chi connectivity index (χ3n) is 3.95. The Morgan fingerprint density at radius 2 is 2.07 bits per heavy atom. The number of nitrogens with one attached hydrogen (secondary N) is 1. The maximum absolute atomic E-state index is 13.6. The summed E-state index contributed by atoms with van der Waals surface area (Å²) in [6, 6.07) is 0.464. The fourth-order valence-corrected chi connectivity index (χ4v) is 4.20. The van der Waals surface area contributed by atoms with Gasteiger partial charge in [0, 0.05) is 0 Å². The van der Waals surface area contributed by atoms with Crippen LogP contribution >= 0.6 is 0 Å². The van der Waals surface area contributed by atoms with E-state index in [0.717, 1.165) is 4.43 Å². The van der Waals surface area contributed by atoms with Crippen molar-refractivity contribution in [2.45, 2.75) is 38.4 Å². The van der Waals surface area contributed by atoms with E-state index in [0.29, 0.717) is 22.8 Å². The van der Waals surface area contributed by atoms with Gasteiger partial charge in [0.15, 0.2) is 0 Å². The number of pyridine rings is 1. The van der Waals surface area contributed by atoms with Gasteiger partial charge in [-0.2, -0.15) is 0 Å². The van der Waals surface area contributed by atoms with Crippen LogP contribution in [0.25, 0.3) is 11.6 Å². The molecule has 3 heterocycles. The van der Waals surface area contributed by atoms with Crippen molar-refractivity contribution in [2.75, 3.05) is 9.74 Å². The van der Waals surface area contributed by atoms with Gasteiger partial charge in [-0.25, -0.2) is 0 Å². The number of nitro groups is 1. The Balaban J connectivity index is 2.23. The molecule has 8 nitrogen and oxygen atoms in total. The van der Waals surface area contributed by atoms with Crippen LogP contribution in [-0.4, -0.2) is 30.1 Å². The van der Waals surface area contributed by atoms with Crippen molar-refractivity contribution in [3.05, 3.63) is 37.8 Å². The zero-order chi connectivity index (χ0) is 20.5. The minimum absolute atomic E-state index is 0.267. The molecule has 0 unspecified atom stereocenters. The van der Waals surface area contributed by atoms with Gasteiger partial charge >= 0.3 is 168 Å². The summed E-state index contributed by atoms with van der Waals surface area (Å²) in [6.07, 6.45) is 0.308. The molecule has 0 radical (unpaired) electrons. The molecule has 1 N–H and O–H groups in total. The summed E-state index contributed by atoms with van der Waals surface area (Å²) < 4.78 is 47.2. The number of alkyl halides is 4. The molecule has 4 bridgehead atoms. The fraction of sp³-hybridized carbons (Fsp3) is 0.438. The summed E-state index contributed by atoms with van der Waals surface area (Å²) in [6.45, 7) is 3.49. The van der Waals surface area contributed by atoms with Crippen molar-refractivity contribution in [3.63, 3.8) is 0 Å². The Morgan fingerprint density at radius 1 is 1.32 bits per heavy atom. The van der Waals surface area contributed by atoms with E-state index >= 15 is 0 Å². The van der Waals surface area contributed by atoms with Crippen molar-refractivity contribution < 1.29 is 43.7 Å². The van der Waals surface area contributed by atoms with Crippen LogP contribution in [0, 0.1) is 14.0 Å². The van der Waals surface area contributed by atoms with E-state index in [1.54, 1.807) is 13.8 Å². The molecule has 0 atom stereocenters. The minimum atomic E-state index is -4.83. The van der Waals surface area contributed by atoms with Crippen molar-refractivity contribution >= 4 is 11.5 Å². The monoisotopic (exact) mass is 510 g/mol. The molecule has 3 rings (SSSR count). The van der Waals surface area contributed by atoms with Crippen LogP contribution in [0.2, 0.25) is 0 Å². The molecule has 0 saturated heterocycles. The number of allylic oxidation sites excluding steroid dienone is 2. The van der Waals surface area contributed by atoms with Gasteiger partial charge in [0.25, 0.3) is 0 Å². The van der Waals surface area contributed by atoms with Gasteiger partial charge in [-0.05, 0) is 0 Å². The second-order valence-electron chi connectivity index (χ2n) is 6.67. The van der Waals surface area contributed by atoms with Gasteiger partial charge in [-0.15, -0.1) is 0 Å². The number of halogens is 4. The first-order valence-electron chi connectivity index (χ1n) is 8.20. The van der Waals surface area contributed by atoms with Gasteiger partial charge in [-0.3, -0.25) is 0 Å². The summed E-state index contributed by atoms with van der Waals surface area (Å²) in [5, 5.41) is 21.8. The van der Waals surface area contributed by atoms with Gasteiger partial charge in [0.2, 0.25) is 0 Å². The van der Waals surface area contributed by atoms with Gasteiger partial charge in [0.05, 0.1) is 0 Å². The molecule has 28 heavy (non-hydrogen) atoms. The number of nitrogens with zero attached hydrogens (tertiary/aromatic N) is 4. The van der Waals surface area contributed by atoms with E-state index in [4.69, 9.17) is 4.42 Å². The Labute approximate surface area is 168 Å². The molecule has 2 aromatic rings. The summed E-state index contributed by atoms with van der Waals surface area (Å²) in [5.74, 6) is -0.773. The molecule has 0 aromatic carbocycles. The first kappa shape index (κ1) is 20.5. The molecule has 12 heteroatoms. The standard InChI is InChI=1S/C16H16F3IN5O3/c1-15(2)6-4-3-5-7-20-14-24-23-13(28-14)11-10(25(26)27)8-9(16(17,18)19)12(21-11)22-15/h3,5,8H,4,6-7H2,1-2H3,(H,21,22)/q-1/b5-3+. The average molecular weight is 510 g/mol. The van der Waals surface area contributed by atoms with Gasteiger partial charge < -0.3 is 0 Å². The van der Waals surface area contributed by atoms with E-state index in [1.165, 1.54) is 0 Å². The van der Waals surface area contributed by atoms with Crippen LogP contribution in [0.4, 0.5) is 24.7 Å². The van der Waals surface area contributed by atoms with Crippen LogP contribution in [0.15, 0.2) is 22.6 Å². The van der Waals surface area contributed by atoms with Crippen molar-refractivity contribution in [3.8, 4) is 11.6 Å². The summed E-state index contributed by atoms with van der Waals surface area (Å²) in [4.78, 5) is 14.4. The maximum atomic E-state index is 13.6. The number of aromatic nitrogens is 3. The van der Waals surface area contributed by atoms with Crippen LogP contribution in [-0.2, 0) is 6.18 Å². The molecular weight excluding hydrogens is 494 g/mol. The topological polar surface area (TPSA) is 107 Å². The second kappa shape index (κ2) is 7.64. The molecule has 0 aliphatic carbocycles. The van der Waals surface area contributed by atoms with Crippen molar-refractivity contribution in [1.82, 2.24) is 15.2 Å². The molecule has 0 fully saturated rings. The molecular formula is C16H16F3IN5O3-. The second-order valence-corrected chi connectivity index (χ2v) is 9.24. The fourth-order valence-electron chi connectivity index (χ4n) is 2.58. The number of hydrogen-bond acceptors (Lipinski definition) is 7. The molecule has 1 aliphatic heterocycles. The molecule has 152 valence electrons. The first-order valence-corrected chi connectivity index (χ1v) is 10.8. The van der Waals surface area contributed by atoms with E-state index in [2.05, 4.69) is 20.5 Å². The summed E-state index contributed by atoms with van der Waals surface area (Å²) >= 11 is -0.648. The van der Waals surface area contributed by atoms with Crippen LogP contribution in [0.3, 0.4) is 0 Å². The predicted octanol–water partition coefficient (Wildman–Crippen LogP) is 0.858. The van der Waals surface area contributed by atoms with E-state index in [1.807, 2.05) is 12.2 Å². The Kier molecular flexibility index (Phi) is 5.59. The van der Waals surface area contributed by atoms with E-state index < -0.39 is 54.9 Å². The molecule has 2 aromatic heterocycles. The number of anilines is 1. The third-order valence-corrected chi connectivity index (χ3v) is 5.98. The summed E-state index contributed by atoms with van der Waals surface area (Å²) in [5.41, 5.74) is -3.17. The van der Waals surface area contributed by atoms with Crippen LogP contribution < -0.4 is 26.5 Å². The Hall–Kier alpha value is -2.25. The Morgan fingerprint density at radius 3 is 2.75 bits per heavy atom. The third kappa shape index (κ3) is 4.59. The normalized spacial score (nSPS) is 18.3. The first-order chi connectivity index (χ1) is 13.1. The summed E-state index contributed by atoms with van der Waals surface area (Å²) in [7, 11) is 0. The zero-order valence-electron chi connectivity index (χ0n) is 14.9. The average Bonchev–Trinajstić information content (AvgIpc) is 3.04. The van der Waals surface area contributed by atoms with Crippen LogP contribution in [0.5, 0.6) is 0 Å².